The molecule has 0 aromatic heterocycles. The van der Waals surface area contributed by atoms with Gasteiger partial charge in [0.25, 0.3) is 0 Å². The van der Waals surface area contributed by atoms with Crippen molar-refractivity contribution in [2.75, 3.05) is 13.7 Å². The molecule has 6 atom stereocenters. The molecule has 4 rings (SSSR count). The second-order valence-corrected chi connectivity index (χ2v) is 6.54. The zero-order chi connectivity index (χ0) is 15.3. The molecule has 5 heteroatoms. The monoisotopic (exact) mass is 303 g/mol. The number of carbonyl (C=O) groups excluding carboxylic acids is 1. The molecule has 22 heavy (non-hydrogen) atoms. The van der Waals surface area contributed by atoms with Crippen LogP contribution < -0.4 is 0 Å². The summed E-state index contributed by atoms with van der Waals surface area (Å²) in [5, 5.41) is 9.56. The number of esters is 1. The van der Waals surface area contributed by atoms with E-state index in [4.69, 9.17) is 9.47 Å². The lowest BCUT2D eigenvalue weighted by atomic mass is 9.97. The molecule has 3 saturated heterocycles. The van der Waals surface area contributed by atoms with E-state index in [0.29, 0.717) is 24.3 Å². The van der Waals surface area contributed by atoms with Crippen molar-refractivity contribution in [3.05, 3.63) is 35.9 Å². The summed E-state index contributed by atoms with van der Waals surface area (Å²) < 4.78 is 11.4. The molecule has 0 amide bonds. The molecule has 1 aromatic rings. The minimum Gasteiger partial charge on any atom is -0.462 e. The van der Waals surface area contributed by atoms with Crippen molar-refractivity contribution in [1.29, 1.82) is 0 Å². The normalized spacial score (nSPS) is 37.5. The first-order chi connectivity index (χ1) is 10.7. The highest BCUT2D eigenvalue weighted by molar-refractivity contribution is 5.78. The maximum Gasteiger partial charge on any atom is 0.316 e. The van der Waals surface area contributed by atoms with Crippen LogP contribution in [0.4, 0.5) is 0 Å². The van der Waals surface area contributed by atoms with Gasteiger partial charge in [0, 0.05) is 24.9 Å². The van der Waals surface area contributed by atoms with Crippen LogP contribution in [-0.2, 0) is 14.3 Å². The fourth-order valence-corrected chi connectivity index (χ4v) is 4.04. The van der Waals surface area contributed by atoms with E-state index in [1.165, 1.54) is 0 Å². The van der Waals surface area contributed by atoms with E-state index in [0.717, 1.165) is 18.4 Å². The van der Waals surface area contributed by atoms with Gasteiger partial charge >= 0.3 is 5.97 Å². The van der Waals surface area contributed by atoms with Gasteiger partial charge in [-0.15, -0.1) is 0 Å². The number of rotatable bonds is 4. The van der Waals surface area contributed by atoms with Gasteiger partial charge in [-0.1, -0.05) is 30.3 Å². The molecule has 2 bridgehead atoms. The van der Waals surface area contributed by atoms with Crippen molar-refractivity contribution >= 4 is 5.97 Å². The van der Waals surface area contributed by atoms with Crippen molar-refractivity contribution in [3.63, 3.8) is 0 Å². The summed E-state index contributed by atoms with van der Waals surface area (Å²) in [7, 11) is 2.13. The average molecular weight is 303 g/mol. The maximum absolute atomic E-state index is 12.4. The van der Waals surface area contributed by atoms with Gasteiger partial charge in [-0.05, 0) is 12.6 Å². The van der Waals surface area contributed by atoms with E-state index < -0.39 is 5.92 Å². The molecular formula is C17H21NO4. The third-order valence-electron chi connectivity index (χ3n) is 5.33. The van der Waals surface area contributed by atoms with E-state index >= 15 is 0 Å². The summed E-state index contributed by atoms with van der Waals surface area (Å²) in [6.45, 7) is -0.226. The van der Waals surface area contributed by atoms with E-state index in [9.17, 15) is 9.90 Å². The van der Waals surface area contributed by atoms with E-state index in [2.05, 4.69) is 11.9 Å². The van der Waals surface area contributed by atoms with Crippen LogP contribution in [0, 0.1) is 0 Å². The zero-order valence-corrected chi connectivity index (χ0v) is 12.6. The molecule has 1 aromatic carbocycles. The van der Waals surface area contributed by atoms with Gasteiger partial charge in [-0.25, -0.2) is 0 Å². The largest absolute Gasteiger partial charge is 0.462 e. The van der Waals surface area contributed by atoms with E-state index in [1.807, 2.05) is 30.3 Å². The fourth-order valence-electron chi connectivity index (χ4n) is 4.04. The van der Waals surface area contributed by atoms with Crippen LogP contribution in [0.5, 0.6) is 0 Å². The molecule has 1 unspecified atom stereocenters. The van der Waals surface area contributed by atoms with Gasteiger partial charge in [0.2, 0.25) is 0 Å². The van der Waals surface area contributed by atoms with Crippen molar-refractivity contribution in [2.24, 2.45) is 0 Å². The van der Waals surface area contributed by atoms with Gasteiger partial charge in [0.15, 0.2) is 0 Å². The number of likely N-dealkylation sites (N-methyl/N-ethyl adjacent to an activating group) is 1. The van der Waals surface area contributed by atoms with Gasteiger partial charge in [0.05, 0.1) is 6.61 Å². The van der Waals surface area contributed by atoms with Crippen LogP contribution in [0.1, 0.15) is 24.3 Å². The predicted octanol–water partition coefficient (Wildman–Crippen LogP) is 0.918. The molecule has 0 aliphatic carbocycles. The van der Waals surface area contributed by atoms with Crippen LogP contribution in [0.15, 0.2) is 30.3 Å². The average Bonchev–Trinajstić information content (AvgIpc) is 3.27. The van der Waals surface area contributed by atoms with Crippen molar-refractivity contribution < 1.29 is 19.4 Å². The van der Waals surface area contributed by atoms with Gasteiger partial charge in [-0.2, -0.15) is 0 Å². The SMILES string of the molecule is CN1[C@@H]2CC(OC(=O)[C@H](CO)c3ccccc3)C[C@H]1[C@H]1O[C@H]12. The Hall–Kier alpha value is -1.43. The topological polar surface area (TPSA) is 62.3 Å². The first-order valence-electron chi connectivity index (χ1n) is 7.92. The van der Waals surface area contributed by atoms with Gasteiger partial charge in [0.1, 0.15) is 24.2 Å². The summed E-state index contributed by atoms with van der Waals surface area (Å²) in [4.78, 5) is 14.8. The van der Waals surface area contributed by atoms with Crippen molar-refractivity contribution in [3.8, 4) is 0 Å². The number of hydrogen-bond donors (Lipinski definition) is 1. The quantitative estimate of drug-likeness (QED) is 0.662. The minimum absolute atomic E-state index is 0.0622. The van der Waals surface area contributed by atoms with Crippen LogP contribution in [0.2, 0.25) is 0 Å². The van der Waals surface area contributed by atoms with Crippen LogP contribution in [-0.4, -0.2) is 60.0 Å². The lowest BCUT2D eigenvalue weighted by molar-refractivity contribution is -0.156. The fraction of sp³-hybridized carbons (Fsp3) is 0.588. The molecule has 3 aliphatic heterocycles. The number of epoxide rings is 1. The molecule has 3 fully saturated rings. The highest BCUT2D eigenvalue weighted by Gasteiger charge is 2.62. The second kappa shape index (κ2) is 5.33. The third-order valence-corrected chi connectivity index (χ3v) is 5.33. The number of hydrogen-bond acceptors (Lipinski definition) is 5. The summed E-state index contributed by atoms with van der Waals surface area (Å²) in [6.07, 6.45) is 2.26. The number of aliphatic hydroxyl groups is 1. The molecule has 0 saturated carbocycles. The first kappa shape index (κ1) is 14.2. The highest BCUT2D eigenvalue weighted by atomic mass is 16.6. The van der Waals surface area contributed by atoms with Gasteiger partial charge < -0.3 is 14.6 Å². The van der Waals surface area contributed by atoms with E-state index in [-0.39, 0.29) is 18.7 Å². The third kappa shape index (κ3) is 2.24. The molecule has 1 N–H and O–H groups in total. The number of nitrogens with zero attached hydrogens (tertiary/aromatic N) is 1. The maximum atomic E-state index is 12.4. The predicted molar refractivity (Wildman–Crippen MR) is 79.4 cm³/mol. The Morgan fingerprint density at radius 1 is 1.32 bits per heavy atom. The molecule has 5 nitrogen and oxygen atoms in total. The number of fused-ring (bicyclic) bond motifs is 5. The summed E-state index contributed by atoms with van der Waals surface area (Å²) in [5.41, 5.74) is 0.803. The molecule has 0 radical (unpaired) electrons. The lowest BCUT2D eigenvalue weighted by Crippen LogP contribution is -2.48. The van der Waals surface area contributed by atoms with Crippen molar-refractivity contribution in [2.45, 2.75) is 49.2 Å². The summed E-state index contributed by atoms with van der Waals surface area (Å²) in [5.74, 6) is -0.915. The number of aliphatic hydroxyl groups excluding tert-OH is 1. The zero-order valence-electron chi connectivity index (χ0n) is 12.6. The molecular weight excluding hydrogens is 282 g/mol. The molecule has 3 heterocycles. The van der Waals surface area contributed by atoms with E-state index in [1.54, 1.807) is 0 Å². The first-order valence-corrected chi connectivity index (χ1v) is 7.92. The Labute approximate surface area is 129 Å². The number of ether oxygens (including phenoxy) is 2. The smallest absolute Gasteiger partial charge is 0.316 e. The Bertz CT molecular complexity index is 545. The van der Waals surface area contributed by atoms with Crippen molar-refractivity contribution in [1.82, 2.24) is 4.90 Å². The van der Waals surface area contributed by atoms with Gasteiger partial charge in [-0.3, -0.25) is 9.69 Å². The summed E-state index contributed by atoms with van der Waals surface area (Å²) >= 11 is 0. The Kier molecular flexibility index (Phi) is 3.44. The lowest BCUT2D eigenvalue weighted by Gasteiger charge is -2.38. The molecule has 3 aliphatic rings. The number of morpholine rings is 1. The Balaban J connectivity index is 1.42. The Morgan fingerprint density at radius 3 is 2.55 bits per heavy atom. The summed E-state index contributed by atoms with van der Waals surface area (Å²) in [6, 6.07) is 10.1. The second-order valence-electron chi connectivity index (χ2n) is 6.54. The number of piperidine rings is 1. The standard InChI is InChI=1S/C17H21NO4/c1-18-13-7-11(8-14(18)16-15(13)22-16)21-17(20)12(9-19)10-5-3-2-4-6-10/h2-6,11-16,19H,7-9H2,1H3/t11?,12-,13-,14+,15+,16-/m1/s1. The van der Waals surface area contributed by atoms with Crippen LogP contribution in [0.3, 0.4) is 0 Å². The highest BCUT2D eigenvalue weighted by Crippen LogP contribution is 2.48. The Morgan fingerprint density at radius 2 is 1.95 bits per heavy atom. The van der Waals surface area contributed by atoms with Crippen LogP contribution >= 0.6 is 0 Å². The molecule has 0 spiro atoms. The van der Waals surface area contributed by atoms with Crippen LogP contribution in [0.25, 0.3) is 0 Å². The number of benzene rings is 1. The number of carbonyl (C=O) groups is 1. The molecule has 118 valence electrons. The minimum atomic E-state index is -0.593.